The standard InChI is InChI=1S/C15H23N/c1-7-10-14-11(4)13(6)16-15(8-2,9-3)12(14)5/h7,10H,5,8-9H2,1-4,6H3/b10-7-. The molecule has 0 aromatic carbocycles. The Balaban J connectivity index is 3.34. The number of hydrogen-bond donors (Lipinski definition) is 0. The summed E-state index contributed by atoms with van der Waals surface area (Å²) in [6, 6.07) is 0. The van der Waals surface area contributed by atoms with E-state index in [1.165, 1.54) is 16.7 Å². The van der Waals surface area contributed by atoms with Crippen LogP contribution in [-0.4, -0.2) is 11.3 Å². The van der Waals surface area contributed by atoms with Crippen molar-refractivity contribution in [1.29, 1.82) is 0 Å². The molecule has 1 rings (SSSR count). The van der Waals surface area contributed by atoms with Crippen LogP contribution in [0.5, 0.6) is 0 Å². The number of dihydropyridines is 1. The summed E-state index contributed by atoms with van der Waals surface area (Å²) < 4.78 is 0. The molecule has 0 aromatic rings. The number of hydrogen-bond acceptors (Lipinski definition) is 1. The fourth-order valence-electron chi connectivity index (χ4n) is 2.37. The molecule has 0 bridgehead atoms. The number of aliphatic imine (C=N–C) groups is 1. The summed E-state index contributed by atoms with van der Waals surface area (Å²) in [5.41, 5.74) is 4.81. The molecule has 1 aliphatic rings. The minimum atomic E-state index is -0.0710. The van der Waals surface area contributed by atoms with Gasteiger partial charge in [-0.3, -0.25) is 4.99 Å². The summed E-state index contributed by atoms with van der Waals surface area (Å²) in [5, 5.41) is 0. The van der Waals surface area contributed by atoms with Gasteiger partial charge in [-0.25, -0.2) is 0 Å². The summed E-state index contributed by atoms with van der Waals surface area (Å²) >= 11 is 0. The molecule has 0 N–H and O–H groups in total. The van der Waals surface area contributed by atoms with E-state index >= 15 is 0 Å². The first-order chi connectivity index (χ1) is 7.52. The highest BCUT2D eigenvalue weighted by molar-refractivity contribution is 6.01. The van der Waals surface area contributed by atoms with Crippen LogP contribution in [0, 0.1) is 0 Å². The second-order valence-corrected chi connectivity index (χ2v) is 4.45. The number of rotatable bonds is 3. The van der Waals surface area contributed by atoms with Crippen LogP contribution in [0.3, 0.4) is 0 Å². The molecule has 0 aromatic heterocycles. The molecule has 1 aliphatic heterocycles. The second-order valence-electron chi connectivity index (χ2n) is 4.45. The van der Waals surface area contributed by atoms with Crippen LogP contribution < -0.4 is 0 Å². The van der Waals surface area contributed by atoms with Gasteiger partial charge in [0.25, 0.3) is 0 Å². The Kier molecular flexibility index (Phi) is 3.90. The fraction of sp³-hybridized carbons (Fsp3) is 0.533. The van der Waals surface area contributed by atoms with Crippen molar-refractivity contribution in [3.63, 3.8) is 0 Å². The quantitative estimate of drug-likeness (QED) is 0.661. The Hall–Kier alpha value is -1.11. The minimum Gasteiger partial charge on any atom is -0.278 e. The summed E-state index contributed by atoms with van der Waals surface area (Å²) in [6.07, 6.45) is 6.29. The summed E-state index contributed by atoms with van der Waals surface area (Å²) in [7, 11) is 0. The molecule has 0 radical (unpaired) electrons. The molecule has 16 heavy (non-hydrogen) atoms. The van der Waals surface area contributed by atoms with Gasteiger partial charge in [-0.15, -0.1) is 0 Å². The van der Waals surface area contributed by atoms with Crippen LogP contribution in [0.15, 0.2) is 40.4 Å². The molecule has 0 aliphatic carbocycles. The summed E-state index contributed by atoms with van der Waals surface area (Å²) in [4.78, 5) is 4.87. The van der Waals surface area contributed by atoms with E-state index in [9.17, 15) is 0 Å². The van der Waals surface area contributed by atoms with Crippen LogP contribution >= 0.6 is 0 Å². The van der Waals surface area contributed by atoms with Crippen molar-refractivity contribution in [1.82, 2.24) is 0 Å². The molecule has 0 saturated carbocycles. The lowest BCUT2D eigenvalue weighted by Gasteiger charge is -2.36. The lowest BCUT2D eigenvalue weighted by atomic mass is 9.77. The summed E-state index contributed by atoms with van der Waals surface area (Å²) in [5.74, 6) is 0. The highest BCUT2D eigenvalue weighted by atomic mass is 14.9. The molecule has 88 valence electrons. The van der Waals surface area contributed by atoms with E-state index in [0.29, 0.717) is 0 Å². The van der Waals surface area contributed by atoms with Gasteiger partial charge in [0.05, 0.1) is 5.54 Å². The van der Waals surface area contributed by atoms with Gasteiger partial charge in [0.2, 0.25) is 0 Å². The van der Waals surface area contributed by atoms with Crippen molar-refractivity contribution in [2.75, 3.05) is 0 Å². The van der Waals surface area contributed by atoms with E-state index in [4.69, 9.17) is 4.99 Å². The molecule has 1 nitrogen and oxygen atoms in total. The average Bonchev–Trinajstić information content (AvgIpc) is 2.29. The predicted molar refractivity (Wildman–Crippen MR) is 73.1 cm³/mol. The topological polar surface area (TPSA) is 12.4 Å². The zero-order valence-electron chi connectivity index (χ0n) is 11.2. The van der Waals surface area contributed by atoms with E-state index in [1.807, 2.05) is 6.92 Å². The molecule has 1 heterocycles. The maximum atomic E-state index is 4.87. The lowest BCUT2D eigenvalue weighted by Crippen LogP contribution is -2.33. The van der Waals surface area contributed by atoms with Gasteiger partial charge in [-0.05, 0) is 50.3 Å². The van der Waals surface area contributed by atoms with Crippen LogP contribution in [0.2, 0.25) is 0 Å². The molecular formula is C15H23N. The Morgan fingerprint density at radius 2 is 1.81 bits per heavy atom. The molecular weight excluding hydrogens is 194 g/mol. The highest BCUT2D eigenvalue weighted by Gasteiger charge is 2.34. The molecule has 0 fully saturated rings. The number of nitrogens with zero attached hydrogens (tertiary/aromatic N) is 1. The molecule has 0 saturated heterocycles. The first-order valence-electron chi connectivity index (χ1n) is 6.12. The summed E-state index contributed by atoms with van der Waals surface area (Å²) in [6.45, 7) is 15.0. The van der Waals surface area contributed by atoms with Crippen LogP contribution in [-0.2, 0) is 0 Å². The van der Waals surface area contributed by atoms with Crippen LogP contribution in [0.4, 0.5) is 0 Å². The first kappa shape index (κ1) is 13.0. The SMILES string of the molecule is C=C1C(/C=C\C)=C(C)C(C)=NC1(CC)CC. The third-order valence-corrected chi connectivity index (χ3v) is 3.72. The monoisotopic (exact) mass is 217 g/mol. The van der Waals surface area contributed by atoms with Crippen molar-refractivity contribution in [2.24, 2.45) is 4.99 Å². The fourth-order valence-corrected chi connectivity index (χ4v) is 2.37. The van der Waals surface area contributed by atoms with Gasteiger partial charge in [-0.2, -0.15) is 0 Å². The predicted octanol–water partition coefficient (Wildman–Crippen LogP) is 4.47. The maximum absolute atomic E-state index is 4.87. The van der Waals surface area contributed by atoms with Gasteiger partial charge in [0.15, 0.2) is 0 Å². The van der Waals surface area contributed by atoms with Crippen molar-refractivity contribution < 1.29 is 0 Å². The molecule has 1 heteroatoms. The Labute approximate surface area is 99.7 Å². The third-order valence-electron chi connectivity index (χ3n) is 3.72. The van der Waals surface area contributed by atoms with Crippen molar-refractivity contribution in [3.8, 4) is 0 Å². The van der Waals surface area contributed by atoms with Gasteiger partial charge < -0.3 is 0 Å². The number of allylic oxidation sites excluding steroid dienone is 3. The second kappa shape index (κ2) is 4.82. The Morgan fingerprint density at radius 3 is 2.25 bits per heavy atom. The third kappa shape index (κ3) is 1.91. The van der Waals surface area contributed by atoms with Gasteiger partial charge >= 0.3 is 0 Å². The van der Waals surface area contributed by atoms with Crippen molar-refractivity contribution in [2.45, 2.75) is 53.0 Å². The van der Waals surface area contributed by atoms with E-state index in [1.54, 1.807) is 0 Å². The Bertz CT molecular complexity index is 376. The van der Waals surface area contributed by atoms with Crippen molar-refractivity contribution in [3.05, 3.63) is 35.5 Å². The van der Waals surface area contributed by atoms with Gasteiger partial charge in [0.1, 0.15) is 0 Å². The highest BCUT2D eigenvalue weighted by Crippen LogP contribution is 2.39. The van der Waals surface area contributed by atoms with Gasteiger partial charge in [0, 0.05) is 5.71 Å². The average molecular weight is 217 g/mol. The lowest BCUT2D eigenvalue weighted by molar-refractivity contribution is 0.471. The zero-order valence-corrected chi connectivity index (χ0v) is 11.2. The minimum absolute atomic E-state index is 0.0710. The van der Waals surface area contributed by atoms with Crippen LogP contribution in [0.25, 0.3) is 0 Å². The molecule has 0 atom stereocenters. The molecule has 0 spiro atoms. The molecule has 0 amide bonds. The van der Waals surface area contributed by atoms with Gasteiger partial charge in [-0.1, -0.05) is 32.6 Å². The first-order valence-corrected chi connectivity index (χ1v) is 6.12. The van der Waals surface area contributed by atoms with E-state index < -0.39 is 0 Å². The maximum Gasteiger partial charge on any atom is 0.0854 e. The molecule has 0 unspecified atom stereocenters. The van der Waals surface area contributed by atoms with Crippen molar-refractivity contribution >= 4 is 5.71 Å². The van der Waals surface area contributed by atoms with E-state index in [-0.39, 0.29) is 5.54 Å². The smallest absolute Gasteiger partial charge is 0.0854 e. The Morgan fingerprint density at radius 1 is 1.25 bits per heavy atom. The van der Waals surface area contributed by atoms with E-state index in [2.05, 4.69) is 46.4 Å². The van der Waals surface area contributed by atoms with E-state index in [0.717, 1.165) is 18.6 Å². The zero-order chi connectivity index (χ0) is 12.3. The van der Waals surface area contributed by atoms with Crippen LogP contribution in [0.1, 0.15) is 47.5 Å². The normalized spacial score (nSPS) is 20.6. The largest absolute Gasteiger partial charge is 0.278 e.